The molecule has 0 bridgehead atoms. The molecule has 1 aromatic carbocycles. The molecule has 0 spiro atoms. The largest absolute Gasteiger partial charge is 0.390 e. The number of benzene rings is 1. The van der Waals surface area contributed by atoms with Crippen molar-refractivity contribution in [2.75, 3.05) is 5.32 Å². The van der Waals surface area contributed by atoms with E-state index in [0.29, 0.717) is 24.3 Å². The minimum Gasteiger partial charge on any atom is -0.390 e. The quantitative estimate of drug-likeness (QED) is 0.306. The van der Waals surface area contributed by atoms with Gasteiger partial charge in [0.15, 0.2) is 0 Å². The van der Waals surface area contributed by atoms with Gasteiger partial charge in [-0.25, -0.2) is 4.98 Å². The lowest BCUT2D eigenvalue weighted by atomic mass is 10.0. The molecular formula is C25H23N5O2S2. The summed E-state index contributed by atoms with van der Waals surface area (Å²) in [7, 11) is 0. The van der Waals surface area contributed by atoms with Crippen molar-refractivity contribution in [3.8, 4) is 21.7 Å². The minimum atomic E-state index is -0.773. The zero-order valence-corrected chi connectivity index (χ0v) is 20.4. The maximum absolute atomic E-state index is 13.1. The fraction of sp³-hybridized carbons (Fsp3) is 0.200. The molecule has 0 aliphatic rings. The van der Waals surface area contributed by atoms with Crippen molar-refractivity contribution < 1.29 is 9.90 Å². The monoisotopic (exact) mass is 489 g/mol. The number of carbonyl (C=O) groups is 1. The number of thiophene rings is 1. The van der Waals surface area contributed by atoms with Crippen LogP contribution in [0.3, 0.4) is 0 Å². The van der Waals surface area contributed by atoms with E-state index in [0.717, 1.165) is 32.6 Å². The summed E-state index contributed by atoms with van der Waals surface area (Å²) in [6.45, 7) is 4.18. The summed E-state index contributed by atoms with van der Waals surface area (Å²) >= 11 is 3.01. The maximum Gasteiger partial charge on any atom is 0.275 e. The van der Waals surface area contributed by atoms with Crippen molar-refractivity contribution in [3.05, 3.63) is 70.8 Å². The minimum absolute atomic E-state index is 0.267. The SMILES string of the molecule is CC(C)(O)CCn1ncc2cc(NC(=O)c3csc(-c4cccnc4)n3)c(-c3ccsc3)cc21. The van der Waals surface area contributed by atoms with Crippen molar-refractivity contribution in [1.29, 1.82) is 0 Å². The molecule has 5 aromatic rings. The zero-order chi connectivity index (χ0) is 23.7. The van der Waals surface area contributed by atoms with Crippen LogP contribution in [0.15, 0.2) is 65.1 Å². The van der Waals surface area contributed by atoms with Crippen LogP contribution < -0.4 is 5.32 Å². The second-order valence-corrected chi connectivity index (χ2v) is 10.3. The van der Waals surface area contributed by atoms with Gasteiger partial charge in [0.25, 0.3) is 5.91 Å². The smallest absolute Gasteiger partial charge is 0.275 e. The van der Waals surface area contributed by atoms with Crippen LogP contribution in [-0.4, -0.2) is 36.4 Å². The number of aryl methyl sites for hydroxylation is 1. The number of thiazole rings is 1. The highest BCUT2D eigenvalue weighted by Crippen LogP contribution is 2.34. The molecule has 0 fully saturated rings. The average Bonchev–Trinajstić information content (AvgIpc) is 3.58. The highest BCUT2D eigenvalue weighted by atomic mass is 32.1. The van der Waals surface area contributed by atoms with E-state index in [1.807, 2.05) is 40.4 Å². The lowest BCUT2D eigenvalue weighted by Crippen LogP contribution is -2.21. The summed E-state index contributed by atoms with van der Waals surface area (Å²) in [5, 5.41) is 25.2. The van der Waals surface area contributed by atoms with Crippen LogP contribution >= 0.6 is 22.7 Å². The number of nitrogens with one attached hydrogen (secondary N) is 1. The van der Waals surface area contributed by atoms with E-state index in [1.165, 1.54) is 11.3 Å². The number of nitrogens with zero attached hydrogens (tertiary/aromatic N) is 4. The molecule has 9 heteroatoms. The van der Waals surface area contributed by atoms with Crippen LogP contribution in [0.4, 0.5) is 5.69 Å². The molecule has 1 amide bonds. The molecule has 172 valence electrons. The van der Waals surface area contributed by atoms with E-state index < -0.39 is 5.60 Å². The second-order valence-electron chi connectivity index (χ2n) is 8.63. The summed E-state index contributed by atoms with van der Waals surface area (Å²) in [6.07, 6.45) is 5.81. The third kappa shape index (κ3) is 4.77. The Kier molecular flexibility index (Phi) is 5.99. The summed E-state index contributed by atoms with van der Waals surface area (Å²) in [6, 6.07) is 9.79. The average molecular weight is 490 g/mol. The molecule has 7 nitrogen and oxygen atoms in total. The number of aromatic nitrogens is 4. The molecule has 34 heavy (non-hydrogen) atoms. The number of hydrogen-bond donors (Lipinski definition) is 2. The number of fused-ring (bicyclic) bond motifs is 1. The van der Waals surface area contributed by atoms with Gasteiger partial charge in [0, 0.05) is 46.5 Å². The van der Waals surface area contributed by atoms with E-state index in [-0.39, 0.29) is 5.91 Å². The van der Waals surface area contributed by atoms with Gasteiger partial charge in [-0.05, 0) is 66.9 Å². The summed E-state index contributed by atoms with van der Waals surface area (Å²) in [4.78, 5) is 21.7. The highest BCUT2D eigenvalue weighted by molar-refractivity contribution is 7.13. The number of rotatable bonds is 7. The molecule has 0 aliphatic carbocycles. The molecule has 2 N–H and O–H groups in total. The van der Waals surface area contributed by atoms with Gasteiger partial charge in [0.2, 0.25) is 0 Å². The molecule has 5 rings (SSSR count). The van der Waals surface area contributed by atoms with Crippen molar-refractivity contribution in [2.24, 2.45) is 0 Å². The standard InChI is InChI=1S/C25H23N5O2S2/c1-25(2,32)6-8-30-22-11-19(17-5-9-33-14-17)20(10-18(22)13-27-30)28-23(31)21-15-34-24(29-21)16-4-3-7-26-12-16/h3-5,7,9-15,32H,6,8H2,1-2H3,(H,28,31). The van der Waals surface area contributed by atoms with Crippen molar-refractivity contribution in [2.45, 2.75) is 32.4 Å². The highest BCUT2D eigenvalue weighted by Gasteiger charge is 2.18. The lowest BCUT2D eigenvalue weighted by Gasteiger charge is -2.17. The number of pyridine rings is 1. The van der Waals surface area contributed by atoms with Crippen molar-refractivity contribution >= 4 is 45.2 Å². The van der Waals surface area contributed by atoms with Crippen LogP contribution in [0.25, 0.3) is 32.6 Å². The first kappa shape index (κ1) is 22.4. The molecule has 0 saturated heterocycles. The Morgan fingerprint density at radius 2 is 2.06 bits per heavy atom. The fourth-order valence-corrected chi connectivity index (χ4v) is 5.08. The molecule has 0 aliphatic heterocycles. The van der Waals surface area contributed by atoms with E-state index in [2.05, 4.69) is 25.8 Å². The molecule has 0 unspecified atom stereocenters. The van der Waals surface area contributed by atoms with E-state index >= 15 is 0 Å². The predicted molar refractivity (Wildman–Crippen MR) is 137 cm³/mol. The van der Waals surface area contributed by atoms with Crippen LogP contribution in [0, 0.1) is 0 Å². The van der Waals surface area contributed by atoms with Gasteiger partial charge in [0.05, 0.1) is 17.3 Å². The summed E-state index contributed by atoms with van der Waals surface area (Å²) < 4.78 is 1.90. The Bertz CT molecular complexity index is 1430. The molecule has 0 atom stereocenters. The van der Waals surface area contributed by atoms with Crippen molar-refractivity contribution in [1.82, 2.24) is 19.7 Å². The van der Waals surface area contributed by atoms with Gasteiger partial charge >= 0.3 is 0 Å². The maximum atomic E-state index is 13.1. The summed E-state index contributed by atoms with van der Waals surface area (Å²) in [5.41, 5.74) is 4.06. The van der Waals surface area contributed by atoms with Gasteiger partial charge in [-0.2, -0.15) is 16.4 Å². The van der Waals surface area contributed by atoms with Gasteiger partial charge in [-0.15, -0.1) is 11.3 Å². The van der Waals surface area contributed by atoms with Crippen LogP contribution in [0.1, 0.15) is 30.8 Å². The van der Waals surface area contributed by atoms with E-state index in [4.69, 9.17) is 0 Å². The second kappa shape index (κ2) is 9.09. The predicted octanol–water partition coefficient (Wildman–Crippen LogP) is 5.70. The number of amides is 1. The van der Waals surface area contributed by atoms with Gasteiger partial charge in [-0.3, -0.25) is 14.5 Å². The molecule has 0 saturated carbocycles. The van der Waals surface area contributed by atoms with Crippen LogP contribution in [-0.2, 0) is 6.54 Å². The zero-order valence-electron chi connectivity index (χ0n) is 18.7. The van der Waals surface area contributed by atoms with Gasteiger partial charge < -0.3 is 10.4 Å². The van der Waals surface area contributed by atoms with Crippen molar-refractivity contribution in [3.63, 3.8) is 0 Å². The number of anilines is 1. The molecule has 4 aromatic heterocycles. The molecule has 4 heterocycles. The fourth-order valence-electron chi connectivity index (χ4n) is 3.63. The van der Waals surface area contributed by atoms with Gasteiger partial charge in [0.1, 0.15) is 10.7 Å². The van der Waals surface area contributed by atoms with Crippen LogP contribution in [0.5, 0.6) is 0 Å². The summed E-state index contributed by atoms with van der Waals surface area (Å²) in [5.74, 6) is -0.267. The first-order valence-electron chi connectivity index (χ1n) is 10.8. The topological polar surface area (TPSA) is 92.9 Å². The number of aliphatic hydroxyl groups is 1. The third-order valence-electron chi connectivity index (χ3n) is 5.44. The number of carbonyl (C=O) groups excluding carboxylic acids is 1. The normalized spacial score (nSPS) is 11.7. The molecular weight excluding hydrogens is 466 g/mol. The number of hydrogen-bond acceptors (Lipinski definition) is 7. The Morgan fingerprint density at radius 3 is 2.79 bits per heavy atom. The Labute approximate surface area is 204 Å². The third-order valence-corrected chi connectivity index (χ3v) is 7.02. The lowest BCUT2D eigenvalue weighted by molar-refractivity contribution is 0.0655. The van der Waals surface area contributed by atoms with Crippen LogP contribution in [0.2, 0.25) is 0 Å². The first-order valence-corrected chi connectivity index (χ1v) is 12.6. The van der Waals surface area contributed by atoms with E-state index in [1.54, 1.807) is 49.2 Å². The Hall–Kier alpha value is -3.40. The van der Waals surface area contributed by atoms with Gasteiger partial charge in [-0.1, -0.05) is 0 Å². The van der Waals surface area contributed by atoms with E-state index in [9.17, 15) is 9.90 Å². The first-order chi connectivity index (χ1) is 16.4. The molecule has 0 radical (unpaired) electrons. The Morgan fingerprint density at radius 1 is 1.18 bits per heavy atom. The Balaban J connectivity index is 1.47.